The molecule has 0 amide bonds. The highest BCUT2D eigenvalue weighted by molar-refractivity contribution is 5.92. The molecular weight excluding hydrogens is 315 g/mol. The molecule has 0 bridgehead atoms. The van der Waals surface area contributed by atoms with E-state index in [9.17, 15) is 35.5 Å². The summed E-state index contributed by atoms with van der Waals surface area (Å²) in [5.41, 5.74) is -3.26. The van der Waals surface area contributed by atoms with E-state index < -0.39 is 41.5 Å². The zero-order valence-corrected chi connectivity index (χ0v) is 10.1. The summed E-state index contributed by atoms with van der Waals surface area (Å²) < 4.78 is 94.3. The first-order valence-electron chi connectivity index (χ1n) is 5.16. The lowest BCUT2D eigenvalue weighted by molar-refractivity contribution is -0.275. The van der Waals surface area contributed by atoms with Gasteiger partial charge in [-0.15, -0.1) is 13.2 Å². The second-order valence-electron chi connectivity index (χ2n) is 3.44. The lowest BCUT2D eigenvalue weighted by Gasteiger charge is -2.15. The van der Waals surface area contributed by atoms with Crippen LogP contribution in [0.2, 0.25) is 0 Å². The van der Waals surface area contributed by atoms with Crippen molar-refractivity contribution < 1.29 is 45.0 Å². The van der Waals surface area contributed by atoms with Crippen molar-refractivity contribution in [3.05, 3.63) is 23.3 Å². The van der Waals surface area contributed by atoms with Crippen molar-refractivity contribution in [3.8, 4) is 5.75 Å². The van der Waals surface area contributed by atoms with E-state index in [4.69, 9.17) is 0 Å². The number of rotatable bonds is 3. The minimum atomic E-state index is -5.43. The zero-order valence-electron chi connectivity index (χ0n) is 10.1. The van der Waals surface area contributed by atoms with Crippen molar-refractivity contribution in [3.63, 3.8) is 0 Å². The average Bonchev–Trinajstić information content (AvgIpc) is 2.28. The van der Waals surface area contributed by atoms with E-state index in [2.05, 4.69) is 14.5 Å². The molecule has 0 saturated carbocycles. The molecule has 0 aliphatic heterocycles. The summed E-state index contributed by atoms with van der Waals surface area (Å²) in [6.45, 7) is 0.903. The van der Waals surface area contributed by atoms with Crippen molar-refractivity contribution in [2.45, 2.75) is 19.5 Å². The van der Waals surface area contributed by atoms with E-state index in [1.807, 2.05) is 0 Å². The Morgan fingerprint density at radius 2 is 1.81 bits per heavy atom. The van der Waals surface area contributed by atoms with Crippen molar-refractivity contribution >= 4 is 5.97 Å². The van der Waals surface area contributed by atoms with Gasteiger partial charge < -0.3 is 9.47 Å². The molecular formula is C10H6F7NO3. The summed E-state index contributed by atoms with van der Waals surface area (Å²) in [6.07, 6.45) is -10.6. The number of nitrogens with zero attached hydrogens (tertiary/aromatic N) is 1. The lowest BCUT2D eigenvalue weighted by Crippen LogP contribution is -2.22. The van der Waals surface area contributed by atoms with Gasteiger partial charge in [0, 0.05) is 0 Å². The number of carbonyl (C=O) groups is 1. The highest BCUT2D eigenvalue weighted by Crippen LogP contribution is 2.34. The predicted molar refractivity (Wildman–Crippen MR) is 51.8 cm³/mol. The third-order valence-corrected chi connectivity index (χ3v) is 1.94. The molecule has 0 spiro atoms. The summed E-state index contributed by atoms with van der Waals surface area (Å²) in [5.74, 6) is -5.62. The maximum Gasteiger partial charge on any atom is 0.573 e. The third-order valence-electron chi connectivity index (χ3n) is 1.94. The average molecular weight is 321 g/mol. The van der Waals surface area contributed by atoms with Crippen LogP contribution in [0.5, 0.6) is 5.75 Å². The molecule has 0 N–H and O–H groups in total. The number of esters is 1. The quantitative estimate of drug-likeness (QED) is 0.487. The van der Waals surface area contributed by atoms with Crippen molar-refractivity contribution in [1.82, 2.24) is 4.98 Å². The topological polar surface area (TPSA) is 48.4 Å². The third kappa shape index (κ3) is 4.46. The Kier molecular flexibility index (Phi) is 4.64. The van der Waals surface area contributed by atoms with Crippen LogP contribution in [0.15, 0.2) is 6.07 Å². The van der Waals surface area contributed by atoms with E-state index in [0.717, 1.165) is 0 Å². The Morgan fingerprint density at radius 3 is 2.24 bits per heavy atom. The monoisotopic (exact) mass is 321 g/mol. The number of hydrogen-bond donors (Lipinski definition) is 0. The van der Waals surface area contributed by atoms with Gasteiger partial charge in [-0.1, -0.05) is 0 Å². The molecule has 1 rings (SSSR count). The van der Waals surface area contributed by atoms with Crippen LogP contribution in [0.4, 0.5) is 30.7 Å². The normalized spacial score (nSPS) is 12.2. The van der Waals surface area contributed by atoms with Gasteiger partial charge in [-0.3, -0.25) is 0 Å². The second kappa shape index (κ2) is 5.74. The first kappa shape index (κ1) is 17.0. The highest BCUT2D eigenvalue weighted by atomic mass is 19.4. The molecule has 0 saturated heterocycles. The van der Waals surface area contributed by atoms with Gasteiger partial charge in [0.2, 0.25) is 0 Å². The largest absolute Gasteiger partial charge is 0.573 e. The van der Waals surface area contributed by atoms with Crippen LogP contribution in [-0.2, 0) is 10.9 Å². The Labute approximate surface area is 112 Å². The van der Waals surface area contributed by atoms with Gasteiger partial charge in [0.05, 0.1) is 6.61 Å². The summed E-state index contributed by atoms with van der Waals surface area (Å²) in [5, 5.41) is 0. The Morgan fingerprint density at radius 1 is 1.24 bits per heavy atom. The Balaban J connectivity index is 3.44. The van der Waals surface area contributed by atoms with Gasteiger partial charge >= 0.3 is 18.5 Å². The highest BCUT2D eigenvalue weighted by Gasteiger charge is 2.39. The molecule has 0 fully saturated rings. The van der Waals surface area contributed by atoms with Crippen LogP contribution in [0, 0.1) is 5.95 Å². The van der Waals surface area contributed by atoms with Gasteiger partial charge in [-0.05, 0) is 13.0 Å². The van der Waals surface area contributed by atoms with Gasteiger partial charge in [0.25, 0.3) is 5.95 Å². The fourth-order valence-electron chi connectivity index (χ4n) is 1.22. The molecule has 0 unspecified atom stereocenters. The van der Waals surface area contributed by atoms with E-state index in [0.29, 0.717) is 0 Å². The van der Waals surface area contributed by atoms with Crippen LogP contribution in [-0.4, -0.2) is 23.9 Å². The predicted octanol–water partition coefficient (Wildman–Crippen LogP) is 3.31. The van der Waals surface area contributed by atoms with Crippen LogP contribution in [0.3, 0.4) is 0 Å². The Bertz CT molecular complexity index is 539. The van der Waals surface area contributed by atoms with Gasteiger partial charge in [0.1, 0.15) is 11.3 Å². The van der Waals surface area contributed by atoms with Crippen molar-refractivity contribution in [2.24, 2.45) is 0 Å². The number of alkyl halides is 6. The SMILES string of the molecule is CCOC(=O)c1cc(C(F)(F)F)nc(F)c1OC(F)(F)F. The van der Waals surface area contributed by atoms with E-state index in [-0.39, 0.29) is 12.7 Å². The fourth-order valence-corrected chi connectivity index (χ4v) is 1.22. The molecule has 11 heteroatoms. The lowest BCUT2D eigenvalue weighted by atomic mass is 10.2. The molecule has 0 aromatic carbocycles. The van der Waals surface area contributed by atoms with Gasteiger partial charge in [-0.25, -0.2) is 9.78 Å². The molecule has 1 aromatic rings. The zero-order chi connectivity index (χ0) is 16.4. The van der Waals surface area contributed by atoms with Crippen molar-refractivity contribution in [2.75, 3.05) is 6.61 Å². The molecule has 0 aliphatic carbocycles. The van der Waals surface area contributed by atoms with Crippen LogP contribution in [0.25, 0.3) is 0 Å². The number of halogens is 7. The van der Waals surface area contributed by atoms with Crippen molar-refractivity contribution in [1.29, 1.82) is 0 Å². The first-order valence-corrected chi connectivity index (χ1v) is 5.16. The summed E-state index contributed by atoms with van der Waals surface area (Å²) in [7, 11) is 0. The van der Waals surface area contributed by atoms with E-state index in [1.165, 1.54) is 6.92 Å². The Hall–Kier alpha value is -2.07. The number of pyridine rings is 1. The number of hydrogen-bond acceptors (Lipinski definition) is 4. The molecule has 21 heavy (non-hydrogen) atoms. The minimum absolute atomic E-state index is 0.0812. The fraction of sp³-hybridized carbons (Fsp3) is 0.400. The maximum absolute atomic E-state index is 13.3. The molecule has 1 aromatic heterocycles. The molecule has 0 atom stereocenters. The van der Waals surface area contributed by atoms with Gasteiger partial charge in [-0.2, -0.15) is 17.6 Å². The van der Waals surface area contributed by atoms with Crippen LogP contribution in [0.1, 0.15) is 23.0 Å². The molecule has 118 valence electrons. The van der Waals surface area contributed by atoms with Crippen LogP contribution < -0.4 is 4.74 Å². The molecule has 1 heterocycles. The molecule has 0 radical (unpaired) electrons. The smallest absolute Gasteiger partial charge is 0.462 e. The summed E-state index contributed by atoms with van der Waals surface area (Å²) in [6, 6.07) is -0.0812. The minimum Gasteiger partial charge on any atom is -0.462 e. The number of aromatic nitrogens is 1. The summed E-state index contributed by atoms with van der Waals surface area (Å²) in [4.78, 5) is 13.7. The van der Waals surface area contributed by atoms with Gasteiger partial charge in [0.15, 0.2) is 5.75 Å². The molecule has 0 aliphatic rings. The second-order valence-corrected chi connectivity index (χ2v) is 3.44. The van der Waals surface area contributed by atoms with Crippen LogP contribution >= 0.6 is 0 Å². The first-order chi connectivity index (χ1) is 9.45. The van der Waals surface area contributed by atoms with E-state index >= 15 is 0 Å². The standard InChI is InChI=1S/C10H6F7NO3/c1-2-20-8(19)4-3-5(9(12,13)14)18-7(11)6(4)21-10(15,16)17/h3H,2H2,1H3. The maximum atomic E-state index is 13.3. The number of ether oxygens (including phenoxy) is 2. The summed E-state index contributed by atoms with van der Waals surface area (Å²) >= 11 is 0. The van der Waals surface area contributed by atoms with E-state index in [1.54, 1.807) is 0 Å². The number of carbonyl (C=O) groups excluding carboxylic acids is 1. The molecule has 4 nitrogen and oxygen atoms in total.